The van der Waals surface area contributed by atoms with Gasteiger partial charge in [-0.3, -0.25) is 9.59 Å². The Morgan fingerprint density at radius 3 is 2.46 bits per heavy atom. The number of aryl methyl sites for hydroxylation is 1. The molecule has 0 radical (unpaired) electrons. The van der Waals surface area contributed by atoms with Crippen LogP contribution in [0, 0.1) is 12.8 Å². The zero-order valence-electron chi connectivity index (χ0n) is 15.4. The molecule has 4 rings (SSSR count). The molecule has 2 fully saturated rings. The average Bonchev–Trinajstić information content (AvgIpc) is 3.42. The van der Waals surface area contributed by atoms with Crippen LogP contribution in [-0.4, -0.2) is 21.9 Å². The van der Waals surface area contributed by atoms with Crippen LogP contribution in [0.15, 0.2) is 47.4 Å². The van der Waals surface area contributed by atoms with Crippen molar-refractivity contribution in [3.63, 3.8) is 0 Å². The monoisotopic (exact) mass is 350 g/mol. The highest BCUT2D eigenvalue weighted by Gasteiger charge is 2.30. The molecule has 1 aromatic heterocycles. The summed E-state index contributed by atoms with van der Waals surface area (Å²) in [6, 6.07) is 12.3. The van der Waals surface area contributed by atoms with Gasteiger partial charge < -0.3 is 9.47 Å². The number of benzene rings is 1. The molecule has 0 atom stereocenters. The maximum atomic E-state index is 13.4. The van der Waals surface area contributed by atoms with E-state index in [4.69, 9.17) is 0 Å². The van der Waals surface area contributed by atoms with Crippen LogP contribution in [0.3, 0.4) is 0 Å². The van der Waals surface area contributed by atoms with Crippen LogP contribution in [0.25, 0.3) is 0 Å². The van der Waals surface area contributed by atoms with Gasteiger partial charge in [-0.1, -0.05) is 36.8 Å². The number of amides is 1. The van der Waals surface area contributed by atoms with E-state index in [1.807, 2.05) is 54.4 Å². The Balaban J connectivity index is 1.65. The maximum absolute atomic E-state index is 13.4. The quantitative estimate of drug-likeness (QED) is 0.792. The summed E-state index contributed by atoms with van der Waals surface area (Å²) >= 11 is 0. The first-order chi connectivity index (χ1) is 12.6. The fraction of sp³-hybridized carbons (Fsp3) is 0.455. The van der Waals surface area contributed by atoms with Crippen molar-refractivity contribution in [2.45, 2.75) is 51.6 Å². The largest absolute Gasteiger partial charge is 0.334 e. The predicted octanol–water partition coefficient (Wildman–Crippen LogP) is 3.93. The minimum Gasteiger partial charge on any atom is -0.334 e. The molecule has 0 spiro atoms. The lowest BCUT2D eigenvalue weighted by atomic mass is 9.85. The van der Waals surface area contributed by atoms with Gasteiger partial charge in [0.05, 0.1) is 0 Å². The second-order valence-electron chi connectivity index (χ2n) is 7.79. The Morgan fingerprint density at radius 2 is 1.85 bits per heavy atom. The van der Waals surface area contributed by atoms with Crippen LogP contribution in [0.1, 0.15) is 59.6 Å². The molecule has 2 aromatic rings. The van der Waals surface area contributed by atoms with Gasteiger partial charge >= 0.3 is 0 Å². The Bertz CT molecular complexity index is 848. The van der Waals surface area contributed by atoms with Gasteiger partial charge in [0.15, 0.2) is 0 Å². The number of hydrogen-bond donors (Lipinski definition) is 0. The minimum atomic E-state index is -0.121. The van der Waals surface area contributed by atoms with Gasteiger partial charge in [0.1, 0.15) is 5.56 Å². The van der Waals surface area contributed by atoms with Gasteiger partial charge in [0, 0.05) is 25.3 Å². The molecule has 1 heterocycles. The predicted molar refractivity (Wildman–Crippen MR) is 102 cm³/mol. The van der Waals surface area contributed by atoms with Gasteiger partial charge in [-0.15, -0.1) is 0 Å². The third kappa shape index (κ3) is 3.46. The van der Waals surface area contributed by atoms with Crippen molar-refractivity contribution in [2.75, 3.05) is 6.54 Å². The van der Waals surface area contributed by atoms with E-state index in [2.05, 4.69) is 0 Å². The first-order valence-electron chi connectivity index (χ1n) is 9.68. The van der Waals surface area contributed by atoms with Crippen LogP contribution in [0.4, 0.5) is 0 Å². The normalized spacial score (nSPS) is 17.0. The smallest absolute Gasteiger partial charge is 0.263 e. The molecule has 26 heavy (non-hydrogen) atoms. The average molecular weight is 350 g/mol. The summed E-state index contributed by atoms with van der Waals surface area (Å²) in [7, 11) is 0. The molecule has 0 N–H and O–H groups in total. The van der Waals surface area contributed by atoms with Crippen molar-refractivity contribution in [3.05, 3.63) is 69.6 Å². The fourth-order valence-electron chi connectivity index (χ4n) is 3.71. The number of pyridine rings is 1. The molecule has 0 saturated heterocycles. The Labute approximate surface area is 154 Å². The lowest BCUT2D eigenvalue weighted by Crippen LogP contribution is -2.40. The number of aromatic nitrogens is 1. The third-order valence-electron chi connectivity index (χ3n) is 5.69. The lowest BCUT2D eigenvalue weighted by molar-refractivity contribution is 0.0676. The second kappa shape index (κ2) is 7.10. The van der Waals surface area contributed by atoms with Crippen LogP contribution in [-0.2, 0) is 6.54 Å². The number of hydrogen-bond acceptors (Lipinski definition) is 2. The van der Waals surface area contributed by atoms with E-state index >= 15 is 0 Å². The molecule has 2 aliphatic rings. The number of carbonyl (C=O) groups excluding carboxylic acids is 1. The Morgan fingerprint density at radius 1 is 1.12 bits per heavy atom. The summed E-state index contributed by atoms with van der Waals surface area (Å²) in [5, 5.41) is 0. The lowest BCUT2D eigenvalue weighted by Gasteiger charge is -2.32. The van der Waals surface area contributed by atoms with Crippen molar-refractivity contribution in [3.8, 4) is 0 Å². The topological polar surface area (TPSA) is 42.3 Å². The molecular weight excluding hydrogens is 324 g/mol. The summed E-state index contributed by atoms with van der Waals surface area (Å²) in [5.41, 5.74) is 2.12. The molecule has 0 aliphatic heterocycles. The third-order valence-corrected chi connectivity index (χ3v) is 5.69. The standard InChI is InChI=1S/C22H26N2O2/c1-16-12-13-24(19-10-11-19)22(26)20(16)21(25)23(15-18-8-5-9-18)14-17-6-3-2-4-7-17/h2-4,6-7,12-13,18-19H,5,8-11,14-15H2,1H3. The highest BCUT2D eigenvalue weighted by molar-refractivity contribution is 5.95. The molecule has 4 heteroatoms. The van der Waals surface area contributed by atoms with Gasteiger partial charge in [0.2, 0.25) is 0 Å². The Kier molecular flexibility index (Phi) is 4.66. The van der Waals surface area contributed by atoms with E-state index in [9.17, 15) is 9.59 Å². The molecule has 136 valence electrons. The minimum absolute atomic E-state index is 0.113. The van der Waals surface area contributed by atoms with Crippen LogP contribution in [0.2, 0.25) is 0 Å². The number of rotatable bonds is 6. The van der Waals surface area contributed by atoms with Crippen molar-refractivity contribution < 1.29 is 4.79 Å². The summed E-state index contributed by atoms with van der Waals surface area (Å²) in [4.78, 5) is 28.2. The van der Waals surface area contributed by atoms with E-state index < -0.39 is 0 Å². The first kappa shape index (κ1) is 17.1. The van der Waals surface area contributed by atoms with E-state index in [0.29, 0.717) is 18.0 Å². The summed E-state index contributed by atoms with van der Waals surface area (Å²) in [6.45, 7) is 3.17. The van der Waals surface area contributed by atoms with Crippen molar-refractivity contribution >= 4 is 5.91 Å². The number of carbonyl (C=O) groups is 1. The molecule has 0 unspecified atom stereocenters. The summed E-state index contributed by atoms with van der Waals surface area (Å²) < 4.78 is 1.75. The van der Waals surface area contributed by atoms with E-state index in [0.717, 1.165) is 30.5 Å². The molecular formula is C22H26N2O2. The van der Waals surface area contributed by atoms with E-state index in [1.54, 1.807) is 4.57 Å². The summed E-state index contributed by atoms with van der Waals surface area (Å²) in [6.07, 6.45) is 7.52. The highest BCUT2D eigenvalue weighted by atomic mass is 16.2. The molecule has 1 aromatic carbocycles. The van der Waals surface area contributed by atoms with Crippen LogP contribution >= 0.6 is 0 Å². The van der Waals surface area contributed by atoms with Gasteiger partial charge in [-0.25, -0.2) is 0 Å². The Hall–Kier alpha value is -2.36. The van der Waals surface area contributed by atoms with E-state index in [-0.39, 0.29) is 17.5 Å². The summed E-state index contributed by atoms with van der Waals surface area (Å²) in [5.74, 6) is 0.454. The SMILES string of the molecule is Cc1ccn(C2CC2)c(=O)c1C(=O)N(Cc1ccccc1)CC1CCC1. The van der Waals surface area contributed by atoms with Crippen LogP contribution in [0.5, 0.6) is 0 Å². The van der Waals surface area contributed by atoms with Gasteiger partial charge in [0.25, 0.3) is 11.5 Å². The zero-order valence-corrected chi connectivity index (χ0v) is 15.4. The molecule has 2 aliphatic carbocycles. The highest BCUT2D eigenvalue weighted by Crippen LogP contribution is 2.33. The van der Waals surface area contributed by atoms with Crippen molar-refractivity contribution in [1.29, 1.82) is 0 Å². The van der Waals surface area contributed by atoms with E-state index in [1.165, 1.54) is 19.3 Å². The first-order valence-corrected chi connectivity index (χ1v) is 9.68. The van der Waals surface area contributed by atoms with Gasteiger partial charge in [-0.05, 0) is 55.7 Å². The molecule has 4 nitrogen and oxygen atoms in total. The molecule has 1 amide bonds. The second-order valence-corrected chi connectivity index (χ2v) is 7.79. The molecule has 2 saturated carbocycles. The zero-order chi connectivity index (χ0) is 18.1. The maximum Gasteiger partial charge on any atom is 0.263 e. The fourth-order valence-corrected chi connectivity index (χ4v) is 3.71. The van der Waals surface area contributed by atoms with Crippen molar-refractivity contribution in [1.82, 2.24) is 9.47 Å². The molecule has 0 bridgehead atoms. The number of nitrogens with zero attached hydrogens (tertiary/aromatic N) is 2. The van der Waals surface area contributed by atoms with Gasteiger partial charge in [-0.2, -0.15) is 0 Å². The van der Waals surface area contributed by atoms with Crippen LogP contribution < -0.4 is 5.56 Å². The van der Waals surface area contributed by atoms with Crippen molar-refractivity contribution in [2.24, 2.45) is 5.92 Å².